The third kappa shape index (κ3) is 4.80. The van der Waals surface area contributed by atoms with E-state index in [9.17, 15) is 9.18 Å². The maximum absolute atomic E-state index is 13.6. The summed E-state index contributed by atoms with van der Waals surface area (Å²) in [6.45, 7) is 5.73. The lowest BCUT2D eigenvalue weighted by Crippen LogP contribution is -2.60. The largest absolute Gasteiger partial charge is 0.495 e. The molecule has 4 unspecified atom stereocenters. The van der Waals surface area contributed by atoms with Crippen LogP contribution >= 0.6 is 0 Å². The summed E-state index contributed by atoms with van der Waals surface area (Å²) in [6, 6.07) is 14.8. The molecule has 0 saturated carbocycles. The fraction of sp³-hybridized carbons (Fsp3) is 0.464. The van der Waals surface area contributed by atoms with Gasteiger partial charge in [0.05, 0.1) is 31.5 Å². The van der Waals surface area contributed by atoms with Crippen molar-refractivity contribution in [1.29, 1.82) is 0 Å². The predicted octanol–water partition coefficient (Wildman–Crippen LogP) is 3.15. The average molecular weight is 505 g/mol. The second kappa shape index (κ2) is 10.1. The van der Waals surface area contributed by atoms with E-state index >= 15 is 0 Å². The normalized spacial score (nSPS) is 25.4. The van der Waals surface area contributed by atoms with Crippen molar-refractivity contribution in [2.75, 3.05) is 51.3 Å². The summed E-state index contributed by atoms with van der Waals surface area (Å²) in [5, 5.41) is 8.61. The molecule has 8 nitrogen and oxygen atoms in total. The maximum Gasteiger partial charge on any atom is 0.227 e. The number of fused-ring (bicyclic) bond motifs is 3. The second-order valence-corrected chi connectivity index (χ2v) is 10.4. The van der Waals surface area contributed by atoms with Gasteiger partial charge in [-0.2, -0.15) is 0 Å². The number of aromatic nitrogens is 3. The molecule has 4 saturated heterocycles. The first-order chi connectivity index (χ1) is 18.1. The SMILES string of the molecule is COc1ccccc1N1CCN(C(=O)C2CN3CCC2CC3Cn2cc(-c3ccc(F)cc3)nn2)CC1. The summed E-state index contributed by atoms with van der Waals surface area (Å²) in [5.74, 6) is 1.42. The van der Waals surface area contributed by atoms with Crippen LogP contribution in [0.2, 0.25) is 0 Å². The first-order valence-corrected chi connectivity index (χ1v) is 13.2. The number of rotatable bonds is 6. The second-order valence-electron chi connectivity index (χ2n) is 10.4. The van der Waals surface area contributed by atoms with E-state index in [0.29, 0.717) is 17.9 Å². The van der Waals surface area contributed by atoms with Gasteiger partial charge in [-0.3, -0.25) is 14.4 Å². The topological polar surface area (TPSA) is 66.7 Å². The smallest absolute Gasteiger partial charge is 0.227 e. The monoisotopic (exact) mass is 504 g/mol. The Labute approximate surface area is 216 Å². The van der Waals surface area contributed by atoms with Crippen molar-refractivity contribution >= 4 is 11.6 Å². The molecule has 37 heavy (non-hydrogen) atoms. The number of anilines is 1. The third-order valence-electron chi connectivity index (χ3n) is 8.29. The lowest BCUT2D eigenvalue weighted by atomic mass is 9.75. The first kappa shape index (κ1) is 23.9. The molecule has 0 N–H and O–H groups in total. The van der Waals surface area contributed by atoms with Crippen LogP contribution < -0.4 is 9.64 Å². The molecule has 4 aliphatic heterocycles. The standard InChI is InChI=1S/C28H33FN6O2/c1-37-27-5-3-2-4-26(27)32-12-14-33(15-13-32)28(36)24-18-34-11-10-21(24)16-23(34)17-35-19-25(30-31-35)20-6-8-22(29)9-7-20/h2-9,19,21,23-24H,10-18H2,1H3. The molecule has 1 amide bonds. The van der Waals surface area contributed by atoms with Crippen molar-refractivity contribution in [3.8, 4) is 17.0 Å². The molecule has 4 fully saturated rings. The molecule has 4 aliphatic rings. The van der Waals surface area contributed by atoms with Gasteiger partial charge in [0, 0.05) is 44.3 Å². The quantitative estimate of drug-likeness (QED) is 0.514. The summed E-state index contributed by atoms with van der Waals surface area (Å²) in [7, 11) is 1.70. The van der Waals surface area contributed by atoms with Crippen molar-refractivity contribution in [2.24, 2.45) is 11.8 Å². The number of piperidine rings is 3. The molecule has 3 aromatic rings. The van der Waals surface area contributed by atoms with Crippen LogP contribution in [0.4, 0.5) is 10.1 Å². The zero-order valence-corrected chi connectivity index (χ0v) is 21.2. The molecule has 1 aromatic heterocycles. The van der Waals surface area contributed by atoms with Crippen LogP contribution in [0.1, 0.15) is 12.8 Å². The third-order valence-corrected chi connectivity index (χ3v) is 8.29. The number of methoxy groups -OCH3 is 1. The zero-order chi connectivity index (χ0) is 25.4. The minimum atomic E-state index is -0.260. The summed E-state index contributed by atoms with van der Waals surface area (Å²) >= 11 is 0. The Balaban J connectivity index is 1.05. The summed E-state index contributed by atoms with van der Waals surface area (Å²) in [5.41, 5.74) is 2.70. The molecule has 5 heterocycles. The van der Waals surface area contributed by atoms with Gasteiger partial charge in [0.15, 0.2) is 0 Å². The Kier molecular flexibility index (Phi) is 6.54. The Morgan fingerprint density at radius 3 is 2.57 bits per heavy atom. The van der Waals surface area contributed by atoms with Crippen LogP contribution in [-0.2, 0) is 11.3 Å². The molecule has 194 valence electrons. The van der Waals surface area contributed by atoms with E-state index < -0.39 is 0 Å². The number of ether oxygens (including phenoxy) is 1. The van der Waals surface area contributed by atoms with Gasteiger partial charge < -0.3 is 14.5 Å². The Bertz CT molecular complexity index is 1240. The summed E-state index contributed by atoms with van der Waals surface area (Å²) in [4.78, 5) is 20.4. The molecule has 2 bridgehead atoms. The number of amides is 1. The van der Waals surface area contributed by atoms with Crippen molar-refractivity contribution in [3.63, 3.8) is 0 Å². The van der Waals surface area contributed by atoms with Gasteiger partial charge in [0.1, 0.15) is 17.3 Å². The van der Waals surface area contributed by atoms with Crippen LogP contribution in [0.15, 0.2) is 54.7 Å². The van der Waals surface area contributed by atoms with Crippen molar-refractivity contribution in [3.05, 3.63) is 60.5 Å². The minimum absolute atomic E-state index is 0.0772. The van der Waals surface area contributed by atoms with E-state index in [0.717, 1.165) is 81.3 Å². The number of benzene rings is 2. The average Bonchev–Trinajstić information content (AvgIpc) is 3.42. The molecule has 0 aliphatic carbocycles. The Hall–Kier alpha value is -3.46. The van der Waals surface area contributed by atoms with Crippen molar-refractivity contribution in [2.45, 2.75) is 25.4 Å². The van der Waals surface area contributed by atoms with Crippen LogP contribution in [0.5, 0.6) is 5.75 Å². The number of hydrogen-bond acceptors (Lipinski definition) is 6. The molecule has 9 heteroatoms. The van der Waals surface area contributed by atoms with Gasteiger partial charge in [-0.25, -0.2) is 4.39 Å². The number of carbonyl (C=O) groups excluding carboxylic acids is 1. The molecule has 2 aromatic carbocycles. The van der Waals surface area contributed by atoms with Crippen molar-refractivity contribution in [1.82, 2.24) is 24.8 Å². The number of carbonyl (C=O) groups is 1. The maximum atomic E-state index is 13.6. The molecule has 0 radical (unpaired) electrons. The lowest BCUT2D eigenvalue weighted by Gasteiger charge is -2.50. The highest BCUT2D eigenvalue weighted by Gasteiger charge is 2.44. The number of hydrogen-bond donors (Lipinski definition) is 0. The van der Waals surface area contributed by atoms with E-state index in [-0.39, 0.29) is 11.7 Å². The zero-order valence-electron chi connectivity index (χ0n) is 21.2. The van der Waals surface area contributed by atoms with E-state index in [1.807, 2.05) is 29.1 Å². The van der Waals surface area contributed by atoms with Gasteiger partial charge in [0.25, 0.3) is 0 Å². The number of nitrogens with zero attached hydrogens (tertiary/aromatic N) is 6. The van der Waals surface area contributed by atoms with E-state index in [2.05, 4.69) is 31.1 Å². The molecule has 4 atom stereocenters. The highest BCUT2D eigenvalue weighted by atomic mass is 19.1. The van der Waals surface area contributed by atoms with Crippen molar-refractivity contribution < 1.29 is 13.9 Å². The number of para-hydroxylation sites is 2. The molecule has 0 spiro atoms. The van der Waals surface area contributed by atoms with Crippen LogP contribution in [0.3, 0.4) is 0 Å². The van der Waals surface area contributed by atoms with Gasteiger partial charge in [0.2, 0.25) is 5.91 Å². The number of halogens is 1. The van der Waals surface area contributed by atoms with Crippen LogP contribution in [0, 0.1) is 17.7 Å². The van der Waals surface area contributed by atoms with Crippen LogP contribution in [-0.4, -0.2) is 83.1 Å². The fourth-order valence-corrected chi connectivity index (χ4v) is 6.26. The molecular formula is C28H33FN6O2. The van der Waals surface area contributed by atoms with Gasteiger partial charge in [-0.15, -0.1) is 5.10 Å². The van der Waals surface area contributed by atoms with E-state index in [4.69, 9.17) is 4.74 Å². The summed E-state index contributed by atoms with van der Waals surface area (Å²) in [6.07, 6.45) is 4.01. The molecular weight excluding hydrogens is 471 g/mol. The highest BCUT2D eigenvalue weighted by molar-refractivity contribution is 5.80. The van der Waals surface area contributed by atoms with Crippen LogP contribution in [0.25, 0.3) is 11.3 Å². The Morgan fingerprint density at radius 1 is 1.05 bits per heavy atom. The van der Waals surface area contributed by atoms with Gasteiger partial charge >= 0.3 is 0 Å². The minimum Gasteiger partial charge on any atom is -0.495 e. The van der Waals surface area contributed by atoms with E-state index in [1.165, 1.54) is 12.1 Å². The first-order valence-electron chi connectivity index (χ1n) is 13.2. The predicted molar refractivity (Wildman–Crippen MR) is 139 cm³/mol. The van der Waals surface area contributed by atoms with Gasteiger partial charge in [-0.05, 0) is 61.7 Å². The van der Waals surface area contributed by atoms with E-state index in [1.54, 1.807) is 19.2 Å². The molecule has 7 rings (SSSR count). The lowest BCUT2D eigenvalue weighted by molar-refractivity contribution is -0.144. The van der Waals surface area contributed by atoms with Gasteiger partial charge in [-0.1, -0.05) is 17.3 Å². The summed E-state index contributed by atoms with van der Waals surface area (Å²) < 4.78 is 20.7. The highest BCUT2D eigenvalue weighted by Crippen LogP contribution is 2.38. The fourth-order valence-electron chi connectivity index (χ4n) is 6.26. The number of piperazine rings is 1. The Morgan fingerprint density at radius 2 is 1.84 bits per heavy atom.